The van der Waals surface area contributed by atoms with Gasteiger partial charge in [0.05, 0.1) is 31.3 Å². The Bertz CT molecular complexity index is 852. The largest absolute Gasteiger partial charge is 0.489 e. The summed E-state index contributed by atoms with van der Waals surface area (Å²) in [5.74, 6) is -0.0881. The predicted octanol–water partition coefficient (Wildman–Crippen LogP) is 2.24. The van der Waals surface area contributed by atoms with Crippen molar-refractivity contribution in [3.8, 4) is 5.75 Å². The van der Waals surface area contributed by atoms with E-state index in [2.05, 4.69) is 11.6 Å². The number of morpholine rings is 1. The van der Waals surface area contributed by atoms with Crippen molar-refractivity contribution in [1.82, 2.24) is 9.88 Å². The number of benzene rings is 1. The predicted molar refractivity (Wildman–Crippen MR) is 90.4 cm³/mol. The van der Waals surface area contributed by atoms with Gasteiger partial charge in [-0.2, -0.15) is 0 Å². The fraction of sp³-hybridized carbons (Fsp3) is 0.294. The molecule has 2 aromatic rings. The maximum atomic E-state index is 12.2. The van der Waals surface area contributed by atoms with Crippen LogP contribution in [-0.4, -0.2) is 47.6 Å². The first-order valence-electron chi connectivity index (χ1n) is 7.69. The molecule has 0 radical (unpaired) electrons. The van der Waals surface area contributed by atoms with Crippen molar-refractivity contribution in [1.29, 1.82) is 0 Å². The van der Waals surface area contributed by atoms with E-state index in [0.717, 1.165) is 5.56 Å². The summed E-state index contributed by atoms with van der Waals surface area (Å²) in [6.07, 6.45) is 2.82. The summed E-state index contributed by atoms with van der Waals surface area (Å²) in [5.41, 5.74) is 1.03. The summed E-state index contributed by atoms with van der Waals surface area (Å²) in [6.45, 7) is 4.78. The fourth-order valence-electron chi connectivity index (χ4n) is 3.08. The number of carbonyl (C=O) groups excluding carboxylic acids is 1. The van der Waals surface area contributed by atoms with Crippen LogP contribution in [0, 0.1) is 10.1 Å². The molecule has 130 valence electrons. The number of carbonyl (C=O) groups is 1. The van der Waals surface area contributed by atoms with E-state index in [1.54, 1.807) is 23.2 Å². The smallest absolute Gasteiger partial charge is 0.313 e. The minimum Gasteiger partial charge on any atom is -0.489 e. The van der Waals surface area contributed by atoms with Gasteiger partial charge in [0, 0.05) is 24.2 Å². The normalized spacial score (nSPS) is 17.3. The van der Waals surface area contributed by atoms with Crippen molar-refractivity contribution in [3.05, 3.63) is 52.7 Å². The van der Waals surface area contributed by atoms with Gasteiger partial charge in [0.2, 0.25) is 11.7 Å². The average Bonchev–Trinajstić information content (AvgIpc) is 2.65. The number of nitrogens with zero attached hydrogens (tertiary/aromatic N) is 3. The zero-order valence-corrected chi connectivity index (χ0v) is 13.7. The zero-order chi connectivity index (χ0) is 18.0. The Morgan fingerprint density at radius 2 is 2.32 bits per heavy atom. The van der Waals surface area contributed by atoms with Gasteiger partial charge in [-0.15, -0.1) is 0 Å². The highest BCUT2D eigenvalue weighted by molar-refractivity contribution is 5.92. The minimum absolute atomic E-state index is 0.0997. The van der Waals surface area contributed by atoms with Crippen LogP contribution in [0.1, 0.15) is 11.6 Å². The molecule has 3 rings (SSSR count). The third-order valence-corrected chi connectivity index (χ3v) is 4.23. The highest BCUT2D eigenvalue weighted by atomic mass is 16.6. The standard InChI is InChI=1S/C17H17N3O5/c1-3-15(21)19-8-9-25-10-14(19)11-6-7-18-16-12(11)4-5-13(20(22)23)17(16)24-2/h3-7,14H,1,8-10H2,2H3. The topological polar surface area (TPSA) is 94.8 Å². The molecule has 1 fully saturated rings. The Labute approximate surface area is 143 Å². The summed E-state index contributed by atoms with van der Waals surface area (Å²) in [4.78, 5) is 28.8. The van der Waals surface area contributed by atoms with Crippen LogP contribution in [0.15, 0.2) is 37.1 Å². The molecule has 1 unspecified atom stereocenters. The van der Waals surface area contributed by atoms with E-state index in [1.165, 1.54) is 19.3 Å². The summed E-state index contributed by atoms with van der Waals surface area (Å²) < 4.78 is 10.8. The summed E-state index contributed by atoms with van der Waals surface area (Å²) in [6, 6.07) is 4.48. The number of amides is 1. The molecular formula is C17H17N3O5. The van der Waals surface area contributed by atoms with Crippen LogP contribution in [0.3, 0.4) is 0 Å². The molecule has 0 spiro atoms. The number of ether oxygens (including phenoxy) is 2. The first-order chi connectivity index (χ1) is 12.1. The van der Waals surface area contributed by atoms with Crippen molar-refractivity contribution in [2.24, 2.45) is 0 Å². The molecule has 0 aliphatic carbocycles. The summed E-state index contributed by atoms with van der Waals surface area (Å²) in [5, 5.41) is 11.9. The van der Waals surface area contributed by atoms with E-state index in [1.807, 2.05) is 0 Å². The molecule has 1 aliphatic rings. The van der Waals surface area contributed by atoms with Gasteiger partial charge < -0.3 is 14.4 Å². The molecular weight excluding hydrogens is 326 g/mol. The second kappa shape index (κ2) is 6.86. The molecule has 1 saturated heterocycles. The Balaban J connectivity index is 2.18. The van der Waals surface area contributed by atoms with Crippen molar-refractivity contribution in [2.45, 2.75) is 6.04 Å². The lowest BCUT2D eigenvalue weighted by molar-refractivity contribution is -0.385. The molecule has 8 nitrogen and oxygen atoms in total. The highest BCUT2D eigenvalue weighted by Gasteiger charge is 2.30. The van der Waals surface area contributed by atoms with E-state index in [4.69, 9.17) is 9.47 Å². The minimum atomic E-state index is -0.510. The van der Waals surface area contributed by atoms with E-state index < -0.39 is 4.92 Å². The Morgan fingerprint density at radius 3 is 3.00 bits per heavy atom. The van der Waals surface area contributed by atoms with E-state index in [9.17, 15) is 14.9 Å². The van der Waals surface area contributed by atoms with Gasteiger partial charge in [0.25, 0.3) is 0 Å². The van der Waals surface area contributed by atoms with Gasteiger partial charge in [0.1, 0.15) is 5.52 Å². The molecule has 0 bridgehead atoms. The first-order valence-corrected chi connectivity index (χ1v) is 7.69. The number of hydrogen-bond donors (Lipinski definition) is 0. The van der Waals surface area contributed by atoms with Crippen molar-refractivity contribution in [3.63, 3.8) is 0 Å². The monoisotopic (exact) mass is 343 g/mol. The van der Waals surface area contributed by atoms with Crippen LogP contribution in [-0.2, 0) is 9.53 Å². The van der Waals surface area contributed by atoms with Gasteiger partial charge >= 0.3 is 5.69 Å². The van der Waals surface area contributed by atoms with Gasteiger partial charge in [0.15, 0.2) is 0 Å². The number of hydrogen-bond acceptors (Lipinski definition) is 6. The highest BCUT2D eigenvalue weighted by Crippen LogP contribution is 2.38. The molecule has 25 heavy (non-hydrogen) atoms. The van der Waals surface area contributed by atoms with Gasteiger partial charge in [-0.1, -0.05) is 6.58 Å². The quantitative estimate of drug-likeness (QED) is 0.480. The maximum Gasteiger partial charge on any atom is 0.313 e. The van der Waals surface area contributed by atoms with Crippen LogP contribution in [0.5, 0.6) is 5.75 Å². The van der Waals surface area contributed by atoms with E-state index in [0.29, 0.717) is 30.7 Å². The Morgan fingerprint density at radius 1 is 1.52 bits per heavy atom. The molecule has 8 heteroatoms. The molecule has 1 aromatic heterocycles. The lowest BCUT2D eigenvalue weighted by Gasteiger charge is -2.35. The molecule has 1 atom stereocenters. The average molecular weight is 343 g/mol. The van der Waals surface area contributed by atoms with Crippen LogP contribution >= 0.6 is 0 Å². The number of nitro benzene ring substituents is 1. The maximum absolute atomic E-state index is 12.2. The Kier molecular flexibility index (Phi) is 4.62. The summed E-state index contributed by atoms with van der Waals surface area (Å²) >= 11 is 0. The fourth-order valence-corrected chi connectivity index (χ4v) is 3.08. The summed E-state index contributed by atoms with van der Waals surface area (Å²) in [7, 11) is 1.37. The second-order valence-electron chi connectivity index (χ2n) is 5.50. The van der Waals surface area contributed by atoms with E-state index in [-0.39, 0.29) is 23.4 Å². The van der Waals surface area contributed by atoms with Crippen LogP contribution in [0.2, 0.25) is 0 Å². The van der Waals surface area contributed by atoms with Crippen LogP contribution in [0.4, 0.5) is 5.69 Å². The molecule has 1 aliphatic heterocycles. The third kappa shape index (κ3) is 2.91. The molecule has 1 aromatic carbocycles. The lowest BCUT2D eigenvalue weighted by Crippen LogP contribution is -2.42. The van der Waals surface area contributed by atoms with Crippen molar-refractivity contribution < 1.29 is 19.2 Å². The molecule has 2 heterocycles. The molecule has 0 N–H and O–H groups in total. The third-order valence-electron chi connectivity index (χ3n) is 4.23. The number of nitro groups is 1. The van der Waals surface area contributed by atoms with Crippen molar-refractivity contribution in [2.75, 3.05) is 26.9 Å². The zero-order valence-electron chi connectivity index (χ0n) is 13.7. The SMILES string of the molecule is C=CC(=O)N1CCOCC1c1ccnc2c(OC)c([N+](=O)[O-])ccc12. The molecule has 0 saturated carbocycles. The number of rotatable bonds is 4. The van der Waals surface area contributed by atoms with Gasteiger partial charge in [-0.25, -0.2) is 0 Å². The number of methoxy groups -OCH3 is 1. The van der Waals surface area contributed by atoms with E-state index >= 15 is 0 Å². The first kappa shape index (κ1) is 16.8. The number of fused-ring (bicyclic) bond motifs is 1. The van der Waals surface area contributed by atoms with Gasteiger partial charge in [-0.3, -0.25) is 19.9 Å². The lowest BCUT2D eigenvalue weighted by atomic mass is 9.99. The van der Waals surface area contributed by atoms with Crippen molar-refractivity contribution >= 4 is 22.5 Å². The molecule has 1 amide bonds. The Hall–Kier alpha value is -3.00. The van der Waals surface area contributed by atoms with Crippen LogP contribution < -0.4 is 4.74 Å². The second-order valence-corrected chi connectivity index (χ2v) is 5.50. The number of aromatic nitrogens is 1. The van der Waals surface area contributed by atoms with Crippen LogP contribution in [0.25, 0.3) is 10.9 Å². The van der Waals surface area contributed by atoms with Gasteiger partial charge in [-0.05, 0) is 23.8 Å². The number of pyridine rings is 1.